The van der Waals surface area contributed by atoms with Gasteiger partial charge < -0.3 is 0 Å². The van der Waals surface area contributed by atoms with Gasteiger partial charge in [0.15, 0.2) is 0 Å². The van der Waals surface area contributed by atoms with Crippen molar-refractivity contribution in [2.45, 2.75) is 13.3 Å². The smallest absolute Gasteiger partial charge is 0.0435 e. The molecule has 0 aliphatic heterocycles. The first-order valence-corrected chi connectivity index (χ1v) is 1.77. The van der Waals surface area contributed by atoms with Gasteiger partial charge in [0.2, 0.25) is 0 Å². The summed E-state index contributed by atoms with van der Waals surface area (Å²) in [5.74, 6) is -0.394. The van der Waals surface area contributed by atoms with Gasteiger partial charge in [-0.25, -0.2) is 0 Å². The highest BCUT2D eigenvalue weighted by atomic mass is 35.5. The summed E-state index contributed by atoms with van der Waals surface area (Å²) in [7, 11) is 0. The maximum Gasteiger partial charge on any atom is 0.0435 e. The van der Waals surface area contributed by atoms with Gasteiger partial charge in [-0.05, 0) is 6.42 Å². The van der Waals surface area contributed by atoms with Crippen LogP contribution in [0.4, 0.5) is 0 Å². The van der Waals surface area contributed by atoms with E-state index in [4.69, 9.17) is 13.0 Å². The number of halogens is 1. The quantitative estimate of drug-likeness (QED) is 0.420. The fraction of sp³-hybridized carbons (Fsp3) is 1.00. The van der Waals surface area contributed by atoms with Crippen molar-refractivity contribution < 1.29 is 1.37 Å². The van der Waals surface area contributed by atoms with E-state index in [0.29, 0.717) is 0 Å². The molecule has 26 valence electrons. The molecule has 0 spiro atoms. The summed E-state index contributed by atoms with van der Waals surface area (Å²) in [6, 6.07) is 0. The Bertz CT molecular complexity index is 20.9. The Morgan fingerprint density at radius 3 is 2.50 bits per heavy atom. The molecule has 0 aromatic rings. The normalized spacial score (nSPS) is 19.0. The second-order valence-corrected chi connectivity index (χ2v) is 0.871. The first-order valence-electron chi connectivity index (χ1n) is 1.91. The van der Waals surface area contributed by atoms with Crippen molar-refractivity contribution in [3.8, 4) is 0 Å². The van der Waals surface area contributed by atoms with Gasteiger partial charge in [-0.2, -0.15) is 0 Å². The second kappa shape index (κ2) is 3.29. The molecule has 0 fully saturated rings. The first kappa shape index (κ1) is 2.52. The molecular formula is C3H7Cl. The van der Waals surface area contributed by atoms with Crippen LogP contribution in [0.3, 0.4) is 0 Å². The second-order valence-electron chi connectivity index (χ2n) is 0.563. The zero-order chi connectivity index (χ0) is 4.28. The van der Waals surface area contributed by atoms with E-state index in [1.54, 1.807) is 0 Å². The standard InChI is InChI=1S/C3H7Cl/c1-2-3-4/h2-3H2,1H3/i3T. The Morgan fingerprint density at radius 1 is 2.25 bits per heavy atom. The molecule has 0 rings (SSSR count). The molecule has 0 saturated heterocycles. The van der Waals surface area contributed by atoms with E-state index in [-0.39, 0.29) is 0 Å². The molecule has 4 heavy (non-hydrogen) atoms. The predicted octanol–water partition coefficient (Wildman–Crippen LogP) is 1.64. The molecule has 0 heterocycles. The summed E-state index contributed by atoms with van der Waals surface area (Å²) in [6.07, 6.45) is 0.738. The molecule has 0 saturated carbocycles. The molecule has 0 N–H and O–H groups in total. The number of hydrogen-bond acceptors (Lipinski definition) is 0. The Kier molecular flexibility index (Phi) is 2.08. The summed E-state index contributed by atoms with van der Waals surface area (Å²) < 4.78 is 6.59. The van der Waals surface area contributed by atoms with Crippen LogP contribution >= 0.6 is 11.6 Å². The van der Waals surface area contributed by atoms with Crippen LogP contribution in [0.5, 0.6) is 0 Å². The van der Waals surface area contributed by atoms with E-state index in [1.165, 1.54) is 0 Å². The summed E-state index contributed by atoms with van der Waals surface area (Å²) in [5, 5.41) is 0. The van der Waals surface area contributed by atoms with Crippen molar-refractivity contribution in [2.75, 3.05) is 5.86 Å². The average Bonchev–Trinajstić information content (AvgIpc) is 1.38. The lowest BCUT2D eigenvalue weighted by atomic mass is 10.6. The van der Waals surface area contributed by atoms with Crippen molar-refractivity contribution in [2.24, 2.45) is 0 Å². The van der Waals surface area contributed by atoms with Gasteiger partial charge >= 0.3 is 0 Å². The minimum atomic E-state index is -0.394. The van der Waals surface area contributed by atoms with Gasteiger partial charge in [-0.3, -0.25) is 0 Å². The van der Waals surface area contributed by atoms with Crippen LogP contribution in [0, 0.1) is 0 Å². The summed E-state index contributed by atoms with van der Waals surface area (Å²) in [5.41, 5.74) is 0. The molecule has 0 aliphatic carbocycles. The monoisotopic (exact) mass is 80.0 g/mol. The van der Waals surface area contributed by atoms with E-state index < -0.39 is 5.86 Å². The van der Waals surface area contributed by atoms with E-state index in [1.807, 2.05) is 6.92 Å². The minimum Gasteiger partial charge on any atom is -0.127 e. The molecular weight excluding hydrogens is 71.5 g/mol. The third kappa shape index (κ3) is 2.29. The minimum absolute atomic E-state index is 0.394. The van der Waals surface area contributed by atoms with Crippen molar-refractivity contribution in [3.05, 3.63) is 0 Å². The average molecular weight is 80.6 g/mol. The van der Waals surface area contributed by atoms with Crippen molar-refractivity contribution >= 4 is 11.6 Å². The molecule has 0 amide bonds. The van der Waals surface area contributed by atoms with Gasteiger partial charge in [0.25, 0.3) is 0 Å². The van der Waals surface area contributed by atoms with Gasteiger partial charge in [0.05, 0.1) is 0 Å². The summed E-state index contributed by atoms with van der Waals surface area (Å²) in [6.45, 7) is 1.88. The lowest BCUT2D eigenvalue weighted by Gasteiger charge is -1.65. The molecule has 0 nitrogen and oxygen atoms in total. The van der Waals surface area contributed by atoms with Crippen LogP contribution in [0.25, 0.3) is 0 Å². The Labute approximate surface area is 33.2 Å². The zero-order valence-electron chi connectivity index (χ0n) is 3.66. The summed E-state index contributed by atoms with van der Waals surface area (Å²) >= 11 is 5.13. The molecule has 1 unspecified atom stereocenters. The van der Waals surface area contributed by atoms with Crippen LogP contribution in [0.2, 0.25) is 0 Å². The van der Waals surface area contributed by atoms with Crippen molar-refractivity contribution in [1.29, 1.82) is 0 Å². The number of alkyl halides is 1. The molecule has 0 aromatic carbocycles. The van der Waals surface area contributed by atoms with Gasteiger partial charge in [0.1, 0.15) is 0 Å². The van der Waals surface area contributed by atoms with Crippen LogP contribution in [-0.2, 0) is 0 Å². The van der Waals surface area contributed by atoms with E-state index in [0.717, 1.165) is 6.42 Å². The number of hydrogen-bond donors (Lipinski definition) is 0. The third-order valence-electron chi connectivity index (χ3n) is 0.154. The Morgan fingerprint density at radius 2 is 2.50 bits per heavy atom. The largest absolute Gasteiger partial charge is 0.127 e. The van der Waals surface area contributed by atoms with Gasteiger partial charge in [0, 0.05) is 7.23 Å². The number of rotatable bonds is 1. The Balaban J connectivity index is 2.54. The molecule has 1 heteroatoms. The fourth-order valence-corrected chi connectivity index (χ4v) is 0. The maximum atomic E-state index is 6.59. The molecule has 0 radical (unpaired) electrons. The molecule has 0 bridgehead atoms. The molecule has 0 aromatic heterocycles. The maximum absolute atomic E-state index is 6.59. The lowest BCUT2D eigenvalue weighted by Crippen LogP contribution is -1.55. The van der Waals surface area contributed by atoms with E-state index >= 15 is 0 Å². The highest BCUT2D eigenvalue weighted by molar-refractivity contribution is 6.17. The van der Waals surface area contributed by atoms with Crippen LogP contribution in [-0.4, -0.2) is 5.86 Å². The van der Waals surface area contributed by atoms with E-state index in [9.17, 15) is 0 Å². The zero-order valence-corrected chi connectivity index (χ0v) is 3.42. The topological polar surface area (TPSA) is 0 Å². The van der Waals surface area contributed by atoms with Crippen molar-refractivity contribution in [3.63, 3.8) is 0 Å². The van der Waals surface area contributed by atoms with Crippen LogP contribution < -0.4 is 0 Å². The van der Waals surface area contributed by atoms with Crippen molar-refractivity contribution in [1.82, 2.24) is 0 Å². The first-order chi connectivity index (χ1) is 2.27. The van der Waals surface area contributed by atoms with Gasteiger partial charge in [-0.15, -0.1) is 11.6 Å². The summed E-state index contributed by atoms with van der Waals surface area (Å²) in [4.78, 5) is 0. The fourth-order valence-electron chi connectivity index (χ4n) is 0. The Hall–Kier alpha value is 0.290. The predicted molar refractivity (Wildman–Crippen MR) is 21.0 cm³/mol. The van der Waals surface area contributed by atoms with Gasteiger partial charge in [-0.1, -0.05) is 6.92 Å². The van der Waals surface area contributed by atoms with E-state index in [2.05, 4.69) is 0 Å². The highest BCUT2D eigenvalue weighted by Gasteiger charge is 1.59. The van der Waals surface area contributed by atoms with Crippen LogP contribution in [0.1, 0.15) is 14.7 Å². The van der Waals surface area contributed by atoms with Crippen LogP contribution in [0.15, 0.2) is 0 Å². The third-order valence-corrected chi connectivity index (χ3v) is 0.463. The molecule has 1 atom stereocenters. The lowest BCUT2D eigenvalue weighted by molar-refractivity contribution is 1.10. The molecule has 0 aliphatic rings. The SMILES string of the molecule is [3H]C(Cl)CC. The highest BCUT2D eigenvalue weighted by Crippen LogP contribution is 1.75.